The summed E-state index contributed by atoms with van der Waals surface area (Å²) in [4.78, 5) is 6.87. The molecule has 2 heterocycles. The van der Waals surface area contributed by atoms with E-state index in [9.17, 15) is 10.2 Å². The summed E-state index contributed by atoms with van der Waals surface area (Å²) in [7, 11) is 0. The maximum Gasteiger partial charge on any atom is 0.129 e. The monoisotopic (exact) mass is 250 g/mol. The van der Waals surface area contributed by atoms with Gasteiger partial charge in [0.25, 0.3) is 0 Å². The first kappa shape index (κ1) is 13.3. The van der Waals surface area contributed by atoms with Crippen LogP contribution in [0.15, 0.2) is 12.1 Å². The number of aliphatic hydroxyl groups excluding tert-OH is 2. The lowest BCUT2D eigenvalue weighted by atomic mass is 10.1. The molecule has 1 aromatic heterocycles. The molecule has 1 atom stereocenters. The summed E-state index contributed by atoms with van der Waals surface area (Å²) < 4.78 is 0. The summed E-state index contributed by atoms with van der Waals surface area (Å²) in [6.45, 7) is 6.29. The predicted octanol–water partition coefficient (Wildman–Crippen LogP) is 1.52. The molecule has 100 valence electrons. The van der Waals surface area contributed by atoms with Crippen molar-refractivity contribution in [3.8, 4) is 0 Å². The second-order valence-electron chi connectivity index (χ2n) is 5.35. The Morgan fingerprint density at radius 3 is 2.72 bits per heavy atom. The predicted molar refractivity (Wildman–Crippen MR) is 71.7 cm³/mol. The minimum absolute atomic E-state index is 0.0481. The molecule has 0 bridgehead atoms. The fraction of sp³-hybridized carbons (Fsp3) is 0.643. The second kappa shape index (κ2) is 5.67. The van der Waals surface area contributed by atoms with E-state index in [4.69, 9.17) is 0 Å². The molecule has 0 spiro atoms. The molecule has 1 saturated heterocycles. The molecule has 18 heavy (non-hydrogen) atoms. The molecule has 1 unspecified atom stereocenters. The van der Waals surface area contributed by atoms with Crippen LogP contribution < -0.4 is 4.90 Å². The molecule has 1 aromatic rings. The van der Waals surface area contributed by atoms with Crippen molar-refractivity contribution in [2.24, 2.45) is 5.92 Å². The first-order chi connectivity index (χ1) is 8.63. The molecule has 1 aliphatic rings. The third-order valence-corrected chi connectivity index (χ3v) is 3.53. The van der Waals surface area contributed by atoms with Crippen molar-refractivity contribution >= 4 is 5.82 Å². The van der Waals surface area contributed by atoms with Gasteiger partial charge in [0.1, 0.15) is 5.82 Å². The van der Waals surface area contributed by atoms with Crippen molar-refractivity contribution in [2.45, 2.75) is 32.8 Å². The maximum absolute atomic E-state index is 9.32. The topological polar surface area (TPSA) is 56.6 Å². The zero-order valence-electron chi connectivity index (χ0n) is 11.1. The van der Waals surface area contributed by atoms with Gasteiger partial charge in [-0.25, -0.2) is 4.98 Å². The minimum Gasteiger partial charge on any atom is -0.396 e. The number of aromatic nitrogens is 1. The molecular formula is C14H22N2O2. The summed E-state index contributed by atoms with van der Waals surface area (Å²) >= 11 is 0. The molecule has 0 radical (unpaired) electrons. The van der Waals surface area contributed by atoms with Crippen LogP contribution in [0.3, 0.4) is 0 Å². The van der Waals surface area contributed by atoms with E-state index in [-0.39, 0.29) is 13.2 Å². The number of rotatable bonds is 4. The Morgan fingerprint density at radius 1 is 1.39 bits per heavy atom. The lowest BCUT2D eigenvalue weighted by Crippen LogP contribution is -2.22. The van der Waals surface area contributed by atoms with Gasteiger partial charge in [0.2, 0.25) is 0 Å². The van der Waals surface area contributed by atoms with Gasteiger partial charge in [0, 0.05) is 31.3 Å². The Kier molecular flexibility index (Phi) is 4.19. The molecular weight excluding hydrogens is 228 g/mol. The molecule has 2 rings (SSSR count). The molecule has 4 heteroatoms. The van der Waals surface area contributed by atoms with E-state index in [1.54, 1.807) is 0 Å². The van der Waals surface area contributed by atoms with Gasteiger partial charge in [-0.2, -0.15) is 0 Å². The van der Waals surface area contributed by atoms with Crippen molar-refractivity contribution in [2.75, 3.05) is 24.6 Å². The summed E-state index contributed by atoms with van der Waals surface area (Å²) in [5.74, 6) is 1.64. The number of aliphatic hydroxyl groups is 2. The normalized spacial score (nSPS) is 19.8. The average molecular weight is 250 g/mol. The van der Waals surface area contributed by atoms with E-state index in [0.29, 0.717) is 11.8 Å². The van der Waals surface area contributed by atoms with Gasteiger partial charge < -0.3 is 15.1 Å². The smallest absolute Gasteiger partial charge is 0.129 e. The highest BCUT2D eigenvalue weighted by Gasteiger charge is 2.23. The van der Waals surface area contributed by atoms with Crippen molar-refractivity contribution in [1.29, 1.82) is 0 Å². The standard InChI is InChI=1S/C14H22N2O2/c1-10(2)13-5-12(9-18)6-14(15-13)16-4-3-11(7-16)8-17/h5-6,10-11,17-18H,3-4,7-9H2,1-2H3. The van der Waals surface area contributed by atoms with E-state index in [1.807, 2.05) is 12.1 Å². The fourth-order valence-corrected chi connectivity index (χ4v) is 2.33. The van der Waals surface area contributed by atoms with Gasteiger partial charge in [0.15, 0.2) is 0 Å². The zero-order valence-corrected chi connectivity index (χ0v) is 11.1. The Bertz CT molecular complexity index is 407. The van der Waals surface area contributed by atoms with E-state index >= 15 is 0 Å². The Labute approximate surface area is 108 Å². The highest BCUT2D eigenvalue weighted by molar-refractivity contribution is 5.44. The molecule has 1 aliphatic heterocycles. The number of pyridine rings is 1. The van der Waals surface area contributed by atoms with Gasteiger partial charge in [-0.3, -0.25) is 0 Å². The molecule has 0 saturated carbocycles. The zero-order chi connectivity index (χ0) is 13.1. The maximum atomic E-state index is 9.32. The van der Waals surface area contributed by atoms with Crippen LogP contribution in [0.4, 0.5) is 5.82 Å². The molecule has 1 fully saturated rings. The van der Waals surface area contributed by atoms with Crippen LogP contribution in [0, 0.1) is 5.92 Å². The highest BCUT2D eigenvalue weighted by atomic mass is 16.3. The third kappa shape index (κ3) is 2.82. The Hall–Kier alpha value is -1.13. The molecule has 0 aliphatic carbocycles. The van der Waals surface area contributed by atoms with Crippen molar-refractivity contribution in [3.63, 3.8) is 0 Å². The lowest BCUT2D eigenvalue weighted by Gasteiger charge is -2.20. The van der Waals surface area contributed by atoms with E-state index in [2.05, 4.69) is 23.7 Å². The summed E-state index contributed by atoms with van der Waals surface area (Å²) in [5.41, 5.74) is 1.93. The van der Waals surface area contributed by atoms with Gasteiger partial charge in [-0.05, 0) is 30.0 Å². The van der Waals surface area contributed by atoms with Crippen LogP contribution in [0.2, 0.25) is 0 Å². The van der Waals surface area contributed by atoms with E-state index in [1.165, 1.54) is 0 Å². The van der Waals surface area contributed by atoms with Crippen LogP contribution in [-0.2, 0) is 6.61 Å². The number of hydrogen-bond donors (Lipinski definition) is 2. The van der Waals surface area contributed by atoms with Crippen molar-refractivity contribution in [1.82, 2.24) is 4.98 Å². The van der Waals surface area contributed by atoms with Crippen LogP contribution in [0.25, 0.3) is 0 Å². The summed E-state index contributed by atoms with van der Waals surface area (Å²) in [5, 5.41) is 18.5. The second-order valence-corrected chi connectivity index (χ2v) is 5.35. The third-order valence-electron chi connectivity index (χ3n) is 3.53. The van der Waals surface area contributed by atoms with Gasteiger partial charge in [-0.15, -0.1) is 0 Å². The van der Waals surface area contributed by atoms with Crippen LogP contribution in [-0.4, -0.2) is 34.9 Å². The van der Waals surface area contributed by atoms with Crippen molar-refractivity contribution < 1.29 is 10.2 Å². The molecule has 2 N–H and O–H groups in total. The number of anilines is 1. The highest BCUT2D eigenvalue weighted by Crippen LogP contribution is 2.25. The summed E-state index contributed by atoms with van der Waals surface area (Å²) in [6.07, 6.45) is 1.01. The van der Waals surface area contributed by atoms with Gasteiger partial charge in [-0.1, -0.05) is 13.8 Å². The first-order valence-electron chi connectivity index (χ1n) is 6.61. The van der Waals surface area contributed by atoms with Gasteiger partial charge >= 0.3 is 0 Å². The fourth-order valence-electron chi connectivity index (χ4n) is 2.33. The van der Waals surface area contributed by atoms with Crippen LogP contribution >= 0.6 is 0 Å². The SMILES string of the molecule is CC(C)c1cc(CO)cc(N2CCC(CO)C2)n1. The minimum atomic E-state index is 0.0481. The molecule has 0 aromatic carbocycles. The van der Waals surface area contributed by atoms with Crippen LogP contribution in [0.5, 0.6) is 0 Å². The van der Waals surface area contributed by atoms with Crippen molar-refractivity contribution in [3.05, 3.63) is 23.4 Å². The average Bonchev–Trinajstić information content (AvgIpc) is 2.86. The Balaban J connectivity index is 2.24. The van der Waals surface area contributed by atoms with Gasteiger partial charge in [0.05, 0.1) is 6.61 Å². The lowest BCUT2D eigenvalue weighted by molar-refractivity contribution is 0.238. The van der Waals surface area contributed by atoms with E-state index < -0.39 is 0 Å². The largest absolute Gasteiger partial charge is 0.396 e. The molecule has 0 amide bonds. The molecule has 4 nitrogen and oxygen atoms in total. The first-order valence-corrected chi connectivity index (χ1v) is 6.61. The Morgan fingerprint density at radius 2 is 2.17 bits per heavy atom. The van der Waals surface area contributed by atoms with E-state index in [0.717, 1.165) is 36.6 Å². The number of nitrogens with zero attached hydrogens (tertiary/aromatic N) is 2. The summed E-state index contributed by atoms with van der Waals surface area (Å²) in [6, 6.07) is 3.92. The quantitative estimate of drug-likeness (QED) is 0.850. The number of hydrogen-bond acceptors (Lipinski definition) is 4. The van der Waals surface area contributed by atoms with Crippen LogP contribution in [0.1, 0.15) is 37.4 Å².